The second kappa shape index (κ2) is 6.81. The van der Waals surface area contributed by atoms with Gasteiger partial charge in [-0.05, 0) is 29.9 Å². The lowest BCUT2D eigenvalue weighted by Crippen LogP contribution is -2.36. The zero-order valence-corrected chi connectivity index (χ0v) is 10.8. The number of carboxylic acids is 1. The number of nitrogens with one attached hydrogen (secondary N) is 1. The highest BCUT2D eigenvalue weighted by molar-refractivity contribution is 7.80. The van der Waals surface area contributed by atoms with E-state index in [0.29, 0.717) is 17.7 Å². The molecule has 19 heavy (non-hydrogen) atoms. The number of alkyl halides is 3. The lowest BCUT2D eigenvalue weighted by molar-refractivity contribution is -0.139. The van der Waals surface area contributed by atoms with Crippen LogP contribution in [0.2, 0.25) is 0 Å². The minimum absolute atomic E-state index is 0.197. The van der Waals surface area contributed by atoms with Crippen LogP contribution >= 0.6 is 12.6 Å². The van der Waals surface area contributed by atoms with Gasteiger partial charge in [-0.3, -0.25) is 4.79 Å². The highest BCUT2D eigenvalue weighted by atomic mass is 32.1. The molecule has 0 aliphatic rings. The maximum absolute atomic E-state index is 12.3. The molecule has 2 N–H and O–H groups in total. The van der Waals surface area contributed by atoms with Gasteiger partial charge >= 0.3 is 12.1 Å². The number of hydrogen-bond donors (Lipinski definition) is 3. The van der Waals surface area contributed by atoms with E-state index in [9.17, 15) is 18.0 Å². The number of rotatable bonds is 6. The summed E-state index contributed by atoms with van der Waals surface area (Å²) in [5, 5.41) is 11.7. The Kier molecular flexibility index (Phi) is 5.68. The number of carbonyl (C=O) groups is 1. The quantitative estimate of drug-likeness (QED) is 0.707. The predicted molar refractivity (Wildman–Crippen MR) is 68.2 cm³/mol. The minimum Gasteiger partial charge on any atom is -0.480 e. The van der Waals surface area contributed by atoms with Crippen LogP contribution < -0.4 is 5.32 Å². The fourth-order valence-corrected chi connectivity index (χ4v) is 1.75. The first kappa shape index (κ1) is 15.8. The molecule has 0 aliphatic carbocycles. The van der Waals surface area contributed by atoms with E-state index < -0.39 is 23.8 Å². The number of benzene rings is 1. The molecule has 1 rings (SSSR count). The van der Waals surface area contributed by atoms with Gasteiger partial charge in [-0.15, -0.1) is 0 Å². The molecular formula is C12H14F3NO2S. The van der Waals surface area contributed by atoms with Crippen molar-refractivity contribution in [1.29, 1.82) is 0 Å². The van der Waals surface area contributed by atoms with Crippen LogP contribution in [0.3, 0.4) is 0 Å². The van der Waals surface area contributed by atoms with Crippen LogP contribution in [0.1, 0.15) is 17.5 Å². The predicted octanol–water partition coefficient (Wildman–Crippen LogP) is 2.57. The molecule has 0 unspecified atom stereocenters. The first-order valence-corrected chi connectivity index (χ1v) is 6.21. The van der Waals surface area contributed by atoms with E-state index >= 15 is 0 Å². The van der Waals surface area contributed by atoms with Gasteiger partial charge in [0.25, 0.3) is 0 Å². The van der Waals surface area contributed by atoms with Crippen LogP contribution in [0.25, 0.3) is 0 Å². The molecule has 0 saturated heterocycles. The zero-order chi connectivity index (χ0) is 14.5. The summed E-state index contributed by atoms with van der Waals surface area (Å²) < 4.78 is 37.0. The van der Waals surface area contributed by atoms with Gasteiger partial charge in [-0.1, -0.05) is 12.1 Å². The van der Waals surface area contributed by atoms with Crippen molar-refractivity contribution in [3.8, 4) is 0 Å². The molecule has 0 radical (unpaired) electrons. The summed E-state index contributed by atoms with van der Waals surface area (Å²) in [6.45, 7) is 0.197. The number of carboxylic acid groups (broad SMARTS) is 1. The van der Waals surface area contributed by atoms with E-state index in [1.807, 2.05) is 0 Å². The third-order valence-corrected chi connectivity index (χ3v) is 2.81. The van der Waals surface area contributed by atoms with E-state index in [1.165, 1.54) is 12.1 Å². The minimum atomic E-state index is -4.36. The molecule has 0 spiro atoms. The summed E-state index contributed by atoms with van der Waals surface area (Å²) in [7, 11) is 0. The van der Waals surface area contributed by atoms with Gasteiger partial charge in [0.2, 0.25) is 0 Å². The van der Waals surface area contributed by atoms with E-state index in [2.05, 4.69) is 17.9 Å². The molecule has 0 amide bonds. The largest absolute Gasteiger partial charge is 0.480 e. The van der Waals surface area contributed by atoms with Gasteiger partial charge in [0.15, 0.2) is 0 Å². The van der Waals surface area contributed by atoms with Crippen molar-refractivity contribution in [2.24, 2.45) is 0 Å². The van der Waals surface area contributed by atoms with Gasteiger partial charge in [0.05, 0.1) is 5.56 Å². The van der Waals surface area contributed by atoms with E-state index in [1.54, 1.807) is 0 Å². The van der Waals surface area contributed by atoms with Crippen molar-refractivity contribution in [3.05, 3.63) is 35.4 Å². The molecule has 3 nitrogen and oxygen atoms in total. The van der Waals surface area contributed by atoms with Gasteiger partial charge in [-0.25, -0.2) is 0 Å². The summed E-state index contributed by atoms with van der Waals surface area (Å²) in [4.78, 5) is 10.9. The maximum Gasteiger partial charge on any atom is 0.416 e. The molecule has 0 saturated carbocycles. The first-order valence-electron chi connectivity index (χ1n) is 5.57. The molecule has 106 valence electrons. The monoisotopic (exact) mass is 293 g/mol. The fraction of sp³-hybridized carbons (Fsp3) is 0.417. The van der Waals surface area contributed by atoms with E-state index in [0.717, 1.165) is 12.1 Å². The summed E-state index contributed by atoms with van der Waals surface area (Å²) in [6.07, 6.45) is -4.01. The van der Waals surface area contributed by atoms with Gasteiger partial charge in [0, 0.05) is 6.54 Å². The smallest absolute Gasteiger partial charge is 0.416 e. The SMILES string of the molecule is O=C(O)[C@H](CCS)NCc1ccc(C(F)(F)F)cc1. The Hall–Kier alpha value is -1.21. The summed E-state index contributed by atoms with van der Waals surface area (Å²) in [6, 6.07) is 3.86. The molecule has 1 aromatic rings. The van der Waals surface area contributed by atoms with Crippen molar-refractivity contribution in [1.82, 2.24) is 5.32 Å². The van der Waals surface area contributed by atoms with E-state index in [4.69, 9.17) is 5.11 Å². The molecule has 1 atom stereocenters. The van der Waals surface area contributed by atoms with Crippen LogP contribution in [0.5, 0.6) is 0 Å². The highest BCUT2D eigenvalue weighted by Crippen LogP contribution is 2.29. The maximum atomic E-state index is 12.3. The lowest BCUT2D eigenvalue weighted by Gasteiger charge is -2.13. The average Bonchev–Trinajstić information content (AvgIpc) is 2.33. The summed E-state index contributed by atoms with van der Waals surface area (Å²) >= 11 is 3.95. The van der Waals surface area contributed by atoms with Gasteiger partial charge in [0.1, 0.15) is 6.04 Å². The normalized spacial score (nSPS) is 13.3. The van der Waals surface area contributed by atoms with Crippen molar-refractivity contribution in [2.75, 3.05) is 5.75 Å². The highest BCUT2D eigenvalue weighted by Gasteiger charge is 2.29. The van der Waals surface area contributed by atoms with Crippen LogP contribution in [0.4, 0.5) is 13.2 Å². The second-order valence-electron chi connectivity index (χ2n) is 3.98. The lowest BCUT2D eigenvalue weighted by atomic mass is 10.1. The van der Waals surface area contributed by atoms with Crippen molar-refractivity contribution in [2.45, 2.75) is 25.2 Å². The Morgan fingerprint density at radius 3 is 2.32 bits per heavy atom. The summed E-state index contributed by atoms with van der Waals surface area (Å²) in [5.74, 6) is -0.585. The number of hydrogen-bond acceptors (Lipinski definition) is 3. The Labute approximate surface area is 114 Å². The molecule has 0 aliphatic heterocycles. The molecular weight excluding hydrogens is 279 g/mol. The third kappa shape index (κ3) is 5.12. The Balaban J connectivity index is 2.61. The second-order valence-corrected chi connectivity index (χ2v) is 4.43. The average molecular weight is 293 g/mol. The standard InChI is InChI=1S/C12H14F3NO2S/c13-12(14,15)9-3-1-8(2-4-9)7-16-10(5-6-19)11(17)18/h1-4,10,16,19H,5-7H2,(H,17,18)/t10-/m0/s1. The Bertz CT molecular complexity index is 420. The molecule has 0 heterocycles. The Morgan fingerprint density at radius 2 is 1.89 bits per heavy atom. The number of aliphatic carboxylic acids is 1. The number of halogens is 3. The number of thiol groups is 1. The Morgan fingerprint density at radius 1 is 1.32 bits per heavy atom. The van der Waals surface area contributed by atoms with Crippen LogP contribution in [0.15, 0.2) is 24.3 Å². The topological polar surface area (TPSA) is 49.3 Å². The fourth-order valence-electron chi connectivity index (χ4n) is 1.49. The van der Waals surface area contributed by atoms with E-state index in [-0.39, 0.29) is 6.54 Å². The molecule has 0 fully saturated rings. The summed E-state index contributed by atoms with van der Waals surface area (Å²) in [5.41, 5.74) is -0.125. The van der Waals surface area contributed by atoms with Crippen molar-refractivity contribution < 1.29 is 23.1 Å². The molecule has 7 heteroatoms. The van der Waals surface area contributed by atoms with Gasteiger partial charge in [-0.2, -0.15) is 25.8 Å². The third-order valence-electron chi connectivity index (χ3n) is 2.55. The van der Waals surface area contributed by atoms with Gasteiger partial charge < -0.3 is 10.4 Å². The van der Waals surface area contributed by atoms with Crippen LogP contribution in [-0.2, 0) is 17.5 Å². The molecule has 0 bridgehead atoms. The van der Waals surface area contributed by atoms with Crippen molar-refractivity contribution in [3.63, 3.8) is 0 Å². The van der Waals surface area contributed by atoms with Crippen LogP contribution in [0, 0.1) is 0 Å². The zero-order valence-electron chi connectivity index (χ0n) is 9.94. The van der Waals surface area contributed by atoms with Crippen molar-refractivity contribution >= 4 is 18.6 Å². The molecule has 1 aromatic carbocycles. The first-order chi connectivity index (χ1) is 8.84. The van der Waals surface area contributed by atoms with Crippen LogP contribution in [-0.4, -0.2) is 22.9 Å². The molecule has 0 aromatic heterocycles.